The monoisotopic (exact) mass is 487 g/mol. The topological polar surface area (TPSA) is 107 Å². The lowest BCUT2D eigenvalue weighted by molar-refractivity contribution is -0.178. The zero-order valence-corrected chi connectivity index (χ0v) is 18.7. The molecule has 0 saturated carbocycles. The highest BCUT2D eigenvalue weighted by molar-refractivity contribution is 7.93. The number of nitrogens with one attached hydrogen (secondary N) is 1. The third kappa shape index (κ3) is 5.78. The van der Waals surface area contributed by atoms with Crippen molar-refractivity contribution >= 4 is 27.3 Å². The normalized spacial score (nSPS) is 17.4. The molecule has 1 aromatic carbocycles. The Morgan fingerprint density at radius 3 is 2.56 bits per heavy atom. The number of alkyl halides is 1. The van der Waals surface area contributed by atoms with Gasteiger partial charge in [0.1, 0.15) is 5.82 Å². The molecular formula is C20H20ClF2N3O5S. The summed E-state index contributed by atoms with van der Waals surface area (Å²) in [6.07, 6.45) is 3.38. The summed E-state index contributed by atoms with van der Waals surface area (Å²) < 4.78 is 62.0. The van der Waals surface area contributed by atoms with Crippen LogP contribution in [0.3, 0.4) is 0 Å². The van der Waals surface area contributed by atoms with E-state index in [0.29, 0.717) is 0 Å². The average molecular weight is 488 g/mol. The Bertz CT molecular complexity index is 1120. The van der Waals surface area contributed by atoms with Gasteiger partial charge in [-0.15, -0.1) is 0 Å². The molecule has 2 aromatic rings. The molecule has 12 heteroatoms. The van der Waals surface area contributed by atoms with Gasteiger partial charge in [-0.1, -0.05) is 29.8 Å². The number of ether oxygens (including phenoxy) is 2. The molecular weight excluding hydrogens is 468 g/mol. The summed E-state index contributed by atoms with van der Waals surface area (Å²) in [5, 5.41) is 3.23. The van der Waals surface area contributed by atoms with Gasteiger partial charge in [0.2, 0.25) is 5.82 Å². The SMILES string of the molecule is C[C@H](/C=C/S(C)(=O)=O)NC(=O)c1ncc(O[C@@H](c2cccc(F)c2Cl)C2(F)COC2)cn1. The van der Waals surface area contributed by atoms with Crippen LogP contribution in [0.2, 0.25) is 5.02 Å². The van der Waals surface area contributed by atoms with E-state index in [0.717, 1.165) is 17.7 Å². The van der Waals surface area contributed by atoms with Crippen molar-refractivity contribution in [3.05, 3.63) is 64.3 Å². The number of hydrogen-bond acceptors (Lipinski definition) is 7. The van der Waals surface area contributed by atoms with Crippen LogP contribution in [0.1, 0.15) is 29.2 Å². The van der Waals surface area contributed by atoms with Gasteiger partial charge in [0, 0.05) is 23.3 Å². The van der Waals surface area contributed by atoms with Gasteiger partial charge in [-0.25, -0.2) is 27.2 Å². The molecule has 0 bridgehead atoms. The quantitative estimate of drug-likeness (QED) is 0.610. The Labute approximate surface area is 188 Å². The molecule has 0 aliphatic carbocycles. The minimum absolute atomic E-state index is 0.0285. The van der Waals surface area contributed by atoms with Crippen LogP contribution in [0.15, 0.2) is 42.1 Å². The largest absolute Gasteiger partial charge is 0.479 e. The molecule has 32 heavy (non-hydrogen) atoms. The van der Waals surface area contributed by atoms with E-state index >= 15 is 4.39 Å². The molecule has 0 spiro atoms. The molecule has 1 aliphatic rings. The van der Waals surface area contributed by atoms with Gasteiger partial charge in [-0.05, 0) is 13.0 Å². The zero-order chi connectivity index (χ0) is 23.5. The molecule has 0 unspecified atom stereocenters. The van der Waals surface area contributed by atoms with Crippen molar-refractivity contribution in [3.63, 3.8) is 0 Å². The maximum Gasteiger partial charge on any atom is 0.289 e. The van der Waals surface area contributed by atoms with Crippen molar-refractivity contribution in [3.8, 4) is 5.75 Å². The van der Waals surface area contributed by atoms with E-state index in [1.165, 1.54) is 30.6 Å². The lowest BCUT2D eigenvalue weighted by Crippen LogP contribution is -2.52. The molecule has 1 saturated heterocycles. The van der Waals surface area contributed by atoms with E-state index in [1.54, 1.807) is 6.92 Å². The van der Waals surface area contributed by atoms with Crippen LogP contribution >= 0.6 is 11.6 Å². The fourth-order valence-electron chi connectivity index (χ4n) is 2.83. The van der Waals surface area contributed by atoms with Crippen molar-refractivity contribution in [2.75, 3.05) is 19.5 Å². The molecule has 8 nitrogen and oxygen atoms in total. The Morgan fingerprint density at radius 1 is 1.34 bits per heavy atom. The maximum absolute atomic E-state index is 15.2. The number of aromatic nitrogens is 2. The standard InChI is InChI=1S/C20H20ClF2N3O5S/c1-12(6-7-32(2,28)29)26-19(27)18-24-8-13(9-25-18)31-17(20(23)10-30-11-20)14-4-3-5-15(22)16(14)21/h3-9,12,17H,10-11H2,1-2H3,(H,26,27)/b7-6+/t12-,17+/m1/s1. The molecule has 1 N–H and O–H groups in total. The van der Waals surface area contributed by atoms with Crippen LogP contribution in [-0.4, -0.2) is 55.5 Å². The molecule has 1 fully saturated rings. The highest BCUT2D eigenvalue weighted by Crippen LogP contribution is 2.42. The molecule has 3 rings (SSSR count). The first kappa shape index (κ1) is 24.0. The third-order valence-electron chi connectivity index (χ3n) is 4.48. The van der Waals surface area contributed by atoms with Crippen LogP contribution in [0.5, 0.6) is 5.75 Å². The molecule has 0 radical (unpaired) electrons. The van der Waals surface area contributed by atoms with Crippen molar-refractivity contribution in [2.24, 2.45) is 0 Å². The van der Waals surface area contributed by atoms with Crippen molar-refractivity contribution in [1.82, 2.24) is 15.3 Å². The number of nitrogens with zero attached hydrogens (tertiary/aromatic N) is 2. The summed E-state index contributed by atoms with van der Waals surface area (Å²) in [5.74, 6) is -1.55. The van der Waals surface area contributed by atoms with E-state index in [2.05, 4.69) is 15.3 Å². The fraction of sp³-hybridized carbons (Fsp3) is 0.350. The number of amides is 1. The second-order valence-electron chi connectivity index (χ2n) is 7.33. The average Bonchev–Trinajstić information content (AvgIpc) is 2.71. The number of hydrogen-bond donors (Lipinski definition) is 1. The van der Waals surface area contributed by atoms with E-state index in [1.807, 2.05) is 0 Å². The van der Waals surface area contributed by atoms with Gasteiger partial charge in [-0.2, -0.15) is 0 Å². The second-order valence-corrected chi connectivity index (χ2v) is 9.64. The summed E-state index contributed by atoms with van der Waals surface area (Å²) in [5.41, 5.74) is -1.83. The summed E-state index contributed by atoms with van der Waals surface area (Å²) >= 11 is 6.02. The van der Waals surface area contributed by atoms with Crippen LogP contribution < -0.4 is 10.1 Å². The number of sulfone groups is 1. The highest BCUT2D eigenvalue weighted by Gasteiger charge is 2.50. The minimum Gasteiger partial charge on any atom is -0.479 e. The Balaban J connectivity index is 1.75. The minimum atomic E-state index is -3.33. The van der Waals surface area contributed by atoms with E-state index in [4.69, 9.17) is 21.1 Å². The predicted molar refractivity (Wildman–Crippen MR) is 112 cm³/mol. The van der Waals surface area contributed by atoms with Crippen LogP contribution in [0.25, 0.3) is 0 Å². The van der Waals surface area contributed by atoms with Crippen molar-refractivity contribution in [1.29, 1.82) is 0 Å². The molecule has 2 atom stereocenters. The first-order chi connectivity index (χ1) is 15.0. The number of carbonyl (C=O) groups excluding carboxylic acids is 1. The Hall–Kier alpha value is -2.63. The highest BCUT2D eigenvalue weighted by atomic mass is 35.5. The van der Waals surface area contributed by atoms with E-state index in [9.17, 15) is 17.6 Å². The molecule has 2 heterocycles. The Kier molecular flexibility index (Phi) is 7.11. The van der Waals surface area contributed by atoms with Crippen LogP contribution in [0, 0.1) is 5.82 Å². The lowest BCUT2D eigenvalue weighted by atomic mass is 9.90. The summed E-state index contributed by atoms with van der Waals surface area (Å²) in [6, 6.07) is 3.39. The van der Waals surface area contributed by atoms with Crippen LogP contribution in [-0.2, 0) is 14.6 Å². The zero-order valence-electron chi connectivity index (χ0n) is 17.1. The maximum atomic E-state index is 15.2. The van der Waals surface area contributed by atoms with Crippen molar-refractivity contribution < 1.29 is 31.5 Å². The predicted octanol–water partition coefficient (Wildman–Crippen LogP) is 2.80. The summed E-state index contributed by atoms with van der Waals surface area (Å²) in [4.78, 5) is 20.0. The smallest absolute Gasteiger partial charge is 0.289 e. The van der Waals surface area contributed by atoms with Crippen LogP contribution in [0.4, 0.5) is 8.78 Å². The summed E-state index contributed by atoms with van der Waals surface area (Å²) in [6.45, 7) is 1.06. The van der Waals surface area contributed by atoms with Crippen molar-refractivity contribution in [2.45, 2.75) is 24.7 Å². The fourth-order valence-corrected chi connectivity index (χ4v) is 3.58. The van der Waals surface area contributed by atoms with Gasteiger partial charge in [0.15, 0.2) is 27.4 Å². The first-order valence-corrected chi connectivity index (χ1v) is 11.7. The number of carbonyl (C=O) groups is 1. The van der Waals surface area contributed by atoms with Gasteiger partial charge >= 0.3 is 0 Å². The van der Waals surface area contributed by atoms with Gasteiger partial charge in [-0.3, -0.25) is 4.79 Å². The van der Waals surface area contributed by atoms with E-state index < -0.39 is 39.4 Å². The lowest BCUT2D eigenvalue weighted by Gasteiger charge is -2.40. The van der Waals surface area contributed by atoms with E-state index in [-0.39, 0.29) is 35.4 Å². The Morgan fingerprint density at radius 2 is 2.00 bits per heavy atom. The molecule has 1 aliphatic heterocycles. The number of rotatable bonds is 8. The summed E-state index contributed by atoms with van der Waals surface area (Å²) in [7, 11) is -3.33. The third-order valence-corrected chi connectivity index (χ3v) is 5.53. The number of halogens is 3. The van der Waals surface area contributed by atoms with Gasteiger partial charge < -0.3 is 14.8 Å². The molecule has 1 aromatic heterocycles. The number of benzene rings is 1. The van der Waals surface area contributed by atoms with Gasteiger partial charge in [0.25, 0.3) is 5.91 Å². The first-order valence-electron chi connectivity index (χ1n) is 9.37. The van der Waals surface area contributed by atoms with Gasteiger partial charge in [0.05, 0.1) is 30.6 Å². The molecule has 172 valence electrons. The molecule has 1 amide bonds. The second kappa shape index (κ2) is 9.47.